The summed E-state index contributed by atoms with van der Waals surface area (Å²) in [5.74, 6) is -0.218. The van der Waals surface area contributed by atoms with Crippen LogP contribution >= 0.6 is 11.3 Å². The Balaban J connectivity index is 1.90. The first-order valence-corrected chi connectivity index (χ1v) is 10.7. The van der Waals surface area contributed by atoms with E-state index in [4.69, 9.17) is 23.7 Å². The van der Waals surface area contributed by atoms with Gasteiger partial charge in [0.15, 0.2) is 27.8 Å². The largest absolute Gasteiger partial charge is 0.493 e. The van der Waals surface area contributed by atoms with Gasteiger partial charge in [0.2, 0.25) is 0 Å². The van der Waals surface area contributed by atoms with Crippen LogP contribution in [-0.4, -0.2) is 55.9 Å². The summed E-state index contributed by atoms with van der Waals surface area (Å²) >= 11 is 1.11. The molecule has 1 amide bonds. The summed E-state index contributed by atoms with van der Waals surface area (Å²) in [4.78, 5) is 40.3. The normalized spacial score (nSPS) is 13.0. The summed E-state index contributed by atoms with van der Waals surface area (Å²) in [5.41, 5.74) is -0.229. The fourth-order valence-corrected chi connectivity index (χ4v) is 4.41. The van der Waals surface area contributed by atoms with Gasteiger partial charge in [0, 0.05) is 18.2 Å². The summed E-state index contributed by atoms with van der Waals surface area (Å²) < 4.78 is 28.4. The lowest BCUT2D eigenvalue weighted by atomic mass is 10.1. The van der Waals surface area contributed by atoms with Crippen molar-refractivity contribution < 1.29 is 38.2 Å². The lowest BCUT2D eigenvalue weighted by Gasteiger charge is -2.18. The van der Waals surface area contributed by atoms with E-state index in [0.29, 0.717) is 34.9 Å². The number of ether oxygens (including phenoxy) is 5. The first kappa shape index (κ1) is 23.0. The number of aromatic nitrogens is 1. The Morgan fingerprint density at radius 3 is 2.35 bits per heavy atom. The van der Waals surface area contributed by atoms with Gasteiger partial charge in [-0.2, -0.15) is 4.99 Å². The highest BCUT2D eigenvalue weighted by atomic mass is 32.1. The second kappa shape index (κ2) is 9.39. The van der Waals surface area contributed by atoms with Crippen LogP contribution < -0.4 is 23.7 Å². The number of rotatable bonds is 6. The standard InChI is InChI=1S/C21H19N3O9S/c1-29-14-6-11(12(24(27)28)7-15(14)30-2)20(26)22-21-23(10-19(25)31-3)13-8-16-17(9-18(13)34-21)33-5-4-32-16/h6-9H,4-5,10H2,1-3H3. The average molecular weight is 489 g/mol. The number of carbonyl (C=O) groups is 2. The molecule has 0 unspecified atom stereocenters. The smallest absolute Gasteiger partial charge is 0.325 e. The van der Waals surface area contributed by atoms with Crippen molar-refractivity contribution >= 4 is 39.1 Å². The zero-order chi connectivity index (χ0) is 24.4. The van der Waals surface area contributed by atoms with Gasteiger partial charge in [0.05, 0.1) is 42.5 Å². The van der Waals surface area contributed by atoms with E-state index >= 15 is 0 Å². The van der Waals surface area contributed by atoms with E-state index in [0.717, 1.165) is 17.4 Å². The van der Waals surface area contributed by atoms with E-state index in [2.05, 4.69) is 4.99 Å². The third-order valence-corrected chi connectivity index (χ3v) is 6.03. The molecule has 0 atom stereocenters. The molecule has 1 aromatic heterocycles. The molecule has 0 radical (unpaired) electrons. The first-order valence-electron chi connectivity index (χ1n) is 9.85. The van der Waals surface area contributed by atoms with Gasteiger partial charge < -0.3 is 28.3 Å². The minimum atomic E-state index is -0.893. The molecule has 0 N–H and O–H groups in total. The molecule has 2 heterocycles. The van der Waals surface area contributed by atoms with E-state index in [9.17, 15) is 19.7 Å². The molecule has 3 aromatic rings. The molecule has 0 bridgehead atoms. The molecular weight excluding hydrogens is 470 g/mol. The molecule has 0 saturated heterocycles. The number of thiazole rings is 1. The summed E-state index contributed by atoms with van der Waals surface area (Å²) in [6.45, 7) is 0.527. The van der Waals surface area contributed by atoms with E-state index in [-0.39, 0.29) is 28.4 Å². The molecule has 12 nitrogen and oxygen atoms in total. The van der Waals surface area contributed by atoms with Gasteiger partial charge in [0.1, 0.15) is 25.3 Å². The van der Waals surface area contributed by atoms with Gasteiger partial charge in [-0.25, -0.2) is 0 Å². The van der Waals surface area contributed by atoms with Crippen LogP contribution in [0.5, 0.6) is 23.0 Å². The molecular formula is C21H19N3O9S. The number of hydrogen-bond donors (Lipinski definition) is 0. The lowest BCUT2D eigenvalue weighted by molar-refractivity contribution is -0.385. The number of nitro groups is 1. The maximum Gasteiger partial charge on any atom is 0.325 e. The van der Waals surface area contributed by atoms with E-state index in [1.807, 2.05) is 0 Å². The summed E-state index contributed by atoms with van der Waals surface area (Å²) in [6, 6.07) is 5.70. The third-order valence-electron chi connectivity index (χ3n) is 4.99. The highest BCUT2D eigenvalue weighted by Crippen LogP contribution is 2.36. The Morgan fingerprint density at radius 2 is 1.74 bits per heavy atom. The van der Waals surface area contributed by atoms with Crippen LogP contribution in [0.2, 0.25) is 0 Å². The predicted octanol–water partition coefficient (Wildman–Crippen LogP) is 2.31. The summed E-state index contributed by atoms with van der Waals surface area (Å²) in [7, 11) is 3.91. The van der Waals surface area contributed by atoms with Gasteiger partial charge in [-0.05, 0) is 0 Å². The number of benzene rings is 2. The highest BCUT2D eigenvalue weighted by molar-refractivity contribution is 7.16. The van der Waals surface area contributed by atoms with E-state index in [1.165, 1.54) is 32.0 Å². The molecule has 4 rings (SSSR count). The van der Waals surface area contributed by atoms with Crippen molar-refractivity contribution in [1.82, 2.24) is 4.57 Å². The van der Waals surface area contributed by atoms with Crippen LogP contribution in [0.4, 0.5) is 5.69 Å². The number of fused-ring (bicyclic) bond motifs is 2. The lowest BCUT2D eigenvalue weighted by Crippen LogP contribution is -2.22. The number of amides is 1. The molecule has 0 saturated carbocycles. The van der Waals surface area contributed by atoms with Crippen LogP contribution in [0.3, 0.4) is 0 Å². The van der Waals surface area contributed by atoms with Gasteiger partial charge in [-0.1, -0.05) is 11.3 Å². The fourth-order valence-electron chi connectivity index (χ4n) is 3.38. The SMILES string of the molecule is COC(=O)Cn1c(=NC(=O)c2cc(OC)c(OC)cc2[N+](=O)[O-])sc2cc3c(cc21)OCCO3. The van der Waals surface area contributed by atoms with Crippen LogP contribution in [0.15, 0.2) is 29.3 Å². The maximum absolute atomic E-state index is 13.1. The number of hydrogen-bond acceptors (Lipinski definition) is 10. The Hall–Kier alpha value is -4.13. The van der Waals surface area contributed by atoms with E-state index < -0.39 is 22.5 Å². The molecule has 178 valence electrons. The van der Waals surface area contributed by atoms with Crippen molar-refractivity contribution in [2.75, 3.05) is 34.5 Å². The Kier molecular flexibility index (Phi) is 6.36. The first-order chi connectivity index (χ1) is 16.4. The number of nitrogens with zero attached hydrogens (tertiary/aromatic N) is 3. The second-order valence-electron chi connectivity index (χ2n) is 6.91. The number of esters is 1. The van der Waals surface area contributed by atoms with Crippen molar-refractivity contribution in [2.45, 2.75) is 6.54 Å². The molecule has 0 aliphatic carbocycles. The van der Waals surface area contributed by atoms with E-state index in [1.54, 1.807) is 12.1 Å². The van der Waals surface area contributed by atoms with Gasteiger partial charge >= 0.3 is 5.97 Å². The van der Waals surface area contributed by atoms with Crippen molar-refractivity contribution in [3.05, 3.63) is 44.7 Å². The Labute approximate surface area is 196 Å². The molecule has 0 fully saturated rings. The predicted molar refractivity (Wildman–Crippen MR) is 119 cm³/mol. The highest BCUT2D eigenvalue weighted by Gasteiger charge is 2.25. The van der Waals surface area contributed by atoms with Gasteiger partial charge in [-0.15, -0.1) is 0 Å². The molecule has 1 aliphatic rings. The fraction of sp³-hybridized carbons (Fsp3) is 0.286. The molecule has 1 aliphatic heterocycles. The zero-order valence-corrected chi connectivity index (χ0v) is 19.2. The summed E-state index contributed by atoms with van der Waals surface area (Å²) in [5, 5.41) is 11.6. The van der Waals surface area contributed by atoms with Crippen LogP contribution in [-0.2, 0) is 16.1 Å². The Morgan fingerprint density at radius 1 is 1.09 bits per heavy atom. The Bertz CT molecular complexity index is 1380. The third kappa shape index (κ3) is 4.24. The minimum Gasteiger partial charge on any atom is -0.493 e. The molecule has 2 aromatic carbocycles. The van der Waals surface area contributed by atoms with Crippen LogP contribution in [0.25, 0.3) is 10.2 Å². The van der Waals surface area contributed by atoms with Crippen molar-refractivity contribution in [1.29, 1.82) is 0 Å². The van der Waals surface area contributed by atoms with Crippen molar-refractivity contribution in [2.24, 2.45) is 4.99 Å². The van der Waals surface area contributed by atoms with Gasteiger partial charge in [0.25, 0.3) is 11.6 Å². The number of methoxy groups -OCH3 is 3. The zero-order valence-electron chi connectivity index (χ0n) is 18.4. The van der Waals surface area contributed by atoms with Crippen LogP contribution in [0, 0.1) is 10.1 Å². The molecule has 34 heavy (non-hydrogen) atoms. The number of nitro benzene ring substituents is 1. The van der Waals surface area contributed by atoms with Crippen molar-refractivity contribution in [3.8, 4) is 23.0 Å². The minimum absolute atomic E-state index is 0.0962. The molecule has 13 heteroatoms. The second-order valence-corrected chi connectivity index (χ2v) is 7.92. The van der Waals surface area contributed by atoms with Gasteiger partial charge in [-0.3, -0.25) is 19.7 Å². The summed E-state index contributed by atoms with van der Waals surface area (Å²) in [6.07, 6.45) is 0. The van der Waals surface area contributed by atoms with Crippen molar-refractivity contribution in [3.63, 3.8) is 0 Å². The topological polar surface area (TPSA) is 141 Å². The number of carbonyl (C=O) groups excluding carboxylic acids is 2. The quantitative estimate of drug-likeness (QED) is 0.290. The maximum atomic E-state index is 13.1. The molecule has 0 spiro atoms. The van der Waals surface area contributed by atoms with Crippen LogP contribution in [0.1, 0.15) is 10.4 Å². The average Bonchev–Trinajstić information content (AvgIpc) is 3.16. The monoisotopic (exact) mass is 489 g/mol.